The maximum Gasteiger partial charge on any atom is 0.306 e. The highest BCUT2D eigenvalue weighted by Crippen LogP contribution is 2.23. The zero-order valence-electron chi connectivity index (χ0n) is 13.6. The van der Waals surface area contributed by atoms with Crippen LogP contribution in [0.1, 0.15) is 44.6 Å². The second kappa shape index (κ2) is 11.0. The van der Waals surface area contributed by atoms with Crippen molar-refractivity contribution in [2.24, 2.45) is 0 Å². The van der Waals surface area contributed by atoms with E-state index >= 15 is 0 Å². The molecular weight excluding hydrogens is 364 g/mol. The minimum absolute atomic E-state index is 0.141. The van der Waals surface area contributed by atoms with E-state index in [1.54, 1.807) is 13.2 Å². The van der Waals surface area contributed by atoms with E-state index in [-0.39, 0.29) is 31.4 Å². The van der Waals surface area contributed by atoms with Crippen molar-refractivity contribution in [3.8, 4) is 5.75 Å². The summed E-state index contributed by atoms with van der Waals surface area (Å²) in [6.07, 6.45) is 2.71. The molecule has 0 spiro atoms. The molecule has 0 aliphatic rings. The normalized spacial score (nSPS) is 10.2. The van der Waals surface area contributed by atoms with E-state index in [1.165, 1.54) is 0 Å². The van der Waals surface area contributed by atoms with Crippen LogP contribution in [0.2, 0.25) is 0 Å². The molecule has 0 unspecified atom stereocenters. The van der Waals surface area contributed by atoms with Crippen molar-refractivity contribution in [1.29, 1.82) is 0 Å². The van der Waals surface area contributed by atoms with Gasteiger partial charge in [-0.3, -0.25) is 9.59 Å². The molecule has 0 aliphatic carbocycles. The van der Waals surface area contributed by atoms with Gasteiger partial charge in [0, 0.05) is 22.9 Å². The van der Waals surface area contributed by atoms with Crippen molar-refractivity contribution in [1.82, 2.24) is 0 Å². The number of ether oxygens (including phenoxy) is 3. The van der Waals surface area contributed by atoms with Gasteiger partial charge in [-0.2, -0.15) is 0 Å². The molecule has 1 rings (SSSR count). The smallest absolute Gasteiger partial charge is 0.306 e. The van der Waals surface area contributed by atoms with E-state index in [0.29, 0.717) is 18.8 Å². The Kier molecular flexibility index (Phi) is 9.36. The molecule has 23 heavy (non-hydrogen) atoms. The fourth-order valence-electron chi connectivity index (χ4n) is 1.87. The highest BCUT2D eigenvalue weighted by atomic mass is 79.9. The second-order valence-corrected chi connectivity index (χ2v) is 5.96. The number of halogens is 1. The first-order chi connectivity index (χ1) is 11.1. The molecule has 0 bridgehead atoms. The van der Waals surface area contributed by atoms with Crippen LogP contribution in [-0.2, 0) is 25.7 Å². The molecule has 0 radical (unpaired) electrons. The lowest BCUT2D eigenvalue weighted by atomic mass is 10.2. The fourth-order valence-corrected chi connectivity index (χ4v) is 2.28. The highest BCUT2D eigenvalue weighted by molar-refractivity contribution is 9.10. The van der Waals surface area contributed by atoms with Crippen LogP contribution >= 0.6 is 15.9 Å². The van der Waals surface area contributed by atoms with Gasteiger partial charge in [0.05, 0.1) is 13.7 Å². The molecule has 0 aromatic heterocycles. The van der Waals surface area contributed by atoms with Gasteiger partial charge in [-0.05, 0) is 31.0 Å². The monoisotopic (exact) mass is 386 g/mol. The Hall–Kier alpha value is -1.56. The molecule has 0 aliphatic heterocycles. The number of esters is 2. The Labute approximate surface area is 145 Å². The number of unbranched alkanes of at least 4 members (excludes halogenated alkanes) is 1. The summed E-state index contributed by atoms with van der Waals surface area (Å²) in [5.74, 6) is 0.0637. The fraction of sp³-hybridized carbons (Fsp3) is 0.529. The average molecular weight is 387 g/mol. The third kappa shape index (κ3) is 8.02. The first kappa shape index (κ1) is 19.5. The molecule has 0 N–H and O–H groups in total. The molecule has 0 fully saturated rings. The van der Waals surface area contributed by atoms with Crippen molar-refractivity contribution in [2.45, 2.75) is 45.6 Å². The summed E-state index contributed by atoms with van der Waals surface area (Å²) in [5, 5.41) is 0. The van der Waals surface area contributed by atoms with Gasteiger partial charge in [0.15, 0.2) is 0 Å². The zero-order valence-corrected chi connectivity index (χ0v) is 15.2. The van der Waals surface area contributed by atoms with Gasteiger partial charge < -0.3 is 14.2 Å². The standard InChI is InChI=1S/C17H23BrO5/c1-3-4-10-22-16(19)6-5-7-17(20)23-12-13-11-14(18)8-9-15(13)21-2/h8-9,11H,3-7,10,12H2,1-2H3. The Morgan fingerprint density at radius 1 is 1.09 bits per heavy atom. The summed E-state index contributed by atoms with van der Waals surface area (Å²) in [6.45, 7) is 2.62. The Balaban J connectivity index is 2.27. The van der Waals surface area contributed by atoms with Crippen LogP contribution in [0.4, 0.5) is 0 Å². The van der Waals surface area contributed by atoms with E-state index in [2.05, 4.69) is 15.9 Å². The number of hydrogen-bond donors (Lipinski definition) is 0. The van der Waals surface area contributed by atoms with Crippen molar-refractivity contribution >= 4 is 27.9 Å². The van der Waals surface area contributed by atoms with Gasteiger partial charge in [0.1, 0.15) is 12.4 Å². The average Bonchev–Trinajstić information content (AvgIpc) is 2.53. The Morgan fingerprint density at radius 2 is 1.78 bits per heavy atom. The molecule has 128 valence electrons. The summed E-state index contributed by atoms with van der Waals surface area (Å²) in [7, 11) is 1.57. The molecule has 0 saturated heterocycles. The first-order valence-corrected chi connectivity index (χ1v) is 8.49. The number of hydrogen-bond acceptors (Lipinski definition) is 5. The van der Waals surface area contributed by atoms with E-state index in [0.717, 1.165) is 22.9 Å². The van der Waals surface area contributed by atoms with E-state index < -0.39 is 0 Å². The van der Waals surface area contributed by atoms with Crippen LogP contribution in [0.25, 0.3) is 0 Å². The number of benzene rings is 1. The Bertz CT molecular complexity index is 516. The minimum Gasteiger partial charge on any atom is -0.496 e. The van der Waals surface area contributed by atoms with Gasteiger partial charge in [0.2, 0.25) is 0 Å². The molecule has 0 saturated carbocycles. The zero-order chi connectivity index (χ0) is 17.1. The molecule has 5 nitrogen and oxygen atoms in total. The quantitative estimate of drug-likeness (QED) is 0.448. The van der Waals surface area contributed by atoms with Gasteiger partial charge >= 0.3 is 11.9 Å². The Morgan fingerprint density at radius 3 is 2.43 bits per heavy atom. The number of carbonyl (C=O) groups is 2. The van der Waals surface area contributed by atoms with Crippen molar-refractivity contribution < 1.29 is 23.8 Å². The van der Waals surface area contributed by atoms with E-state index in [9.17, 15) is 9.59 Å². The molecule has 1 aromatic carbocycles. The van der Waals surface area contributed by atoms with Gasteiger partial charge in [-0.1, -0.05) is 29.3 Å². The molecular formula is C17H23BrO5. The topological polar surface area (TPSA) is 61.8 Å². The summed E-state index contributed by atoms with van der Waals surface area (Å²) in [4.78, 5) is 23.1. The lowest BCUT2D eigenvalue weighted by molar-refractivity contribution is -0.146. The van der Waals surface area contributed by atoms with Crippen molar-refractivity contribution in [3.05, 3.63) is 28.2 Å². The third-order valence-electron chi connectivity index (χ3n) is 3.15. The maximum absolute atomic E-state index is 11.7. The summed E-state index contributed by atoms with van der Waals surface area (Å²) < 4.78 is 16.3. The van der Waals surface area contributed by atoms with E-state index in [1.807, 2.05) is 19.1 Å². The van der Waals surface area contributed by atoms with Crippen molar-refractivity contribution in [2.75, 3.05) is 13.7 Å². The summed E-state index contributed by atoms with van der Waals surface area (Å²) in [5.41, 5.74) is 0.786. The van der Waals surface area contributed by atoms with Gasteiger partial charge in [-0.25, -0.2) is 0 Å². The third-order valence-corrected chi connectivity index (χ3v) is 3.65. The summed E-state index contributed by atoms with van der Waals surface area (Å²) >= 11 is 3.37. The van der Waals surface area contributed by atoms with E-state index in [4.69, 9.17) is 14.2 Å². The van der Waals surface area contributed by atoms with Crippen LogP contribution in [0.3, 0.4) is 0 Å². The van der Waals surface area contributed by atoms with Crippen LogP contribution in [0, 0.1) is 0 Å². The molecule has 0 atom stereocenters. The first-order valence-electron chi connectivity index (χ1n) is 7.70. The SMILES string of the molecule is CCCCOC(=O)CCCC(=O)OCc1cc(Br)ccc1OC. The van der Waals surface area contributed by atoms with Gasteiger partial charge in [-0.15, -0.1) is 0 Å². The predicted octanol–water partition coefficient (Wildman–Crippen LogP) is 4.01. The van der Waals surface area contributed by atoms with Gasteiger partial charge in [0.25, 0.3) is 0 Å². The lowest BCUT2D eigenvalue weighted by Crippen LogP contribution is -2.09. The molecule has 0 amide bonds. The number of methoxy groups -OCH3 is 1. The molecule has 6 heteroatoms. The minimum atomic E-state index is -0.339. The van der Waals surface area contributed by atoms with Crippen LogP contribution < -0.4 is 4.74 Å². The number of carbonyl (C=O) groups excluding carboxylic acids is 2. The molecule has 0 heterocycles. The summed E-state index contributed by atoms with van der Waals surface area (Å²) in [6, 6.07) is 5.51. The van der Waals surface area contributed by atoms with Crippen LogP contribution in [0.5, 0.6) is 5.75 Å². The number of rotatable bonds is 10. The predicted molar refractivity (Wildman–Crippen MR) is 90.2 cm³/mol. The van der Waals surface area contributed by atoms with Crippen LogP contribution in [-0.4, -0.2) is 25.7 Å². The van der Waals surface area contributed by atoms with Crippen molar-refractivity contribution in [3.63, 3.8) is 0 Å². The lowest BCUT2D eigenvalue weighted by Gasteiger charge is -2.10. The maximum atomic E-state index is 11.7. The largest absolute Gasteiger partial charge is 0.496 e. The molecule has 1 aromatic rings. The highest BCUT2D eigenvalue weighted by Gasteiger charge is 2.10. The second-order valence-electron chi connectivity index (χ2n) is 5.04. The van der Waals surface area contributed by atoms with Crippen LogP contribution in [0.15, 0.2) is 22.7 Å².